The molecule has 10 nitrogen and oxygen atoms in total. The lowest BCUT2D eigenvalue weighted by Crippen LogP contribution is -2.49. The Morgan fingerprint density at radius 1 is 1.06 bits per heavy atom. The highest BCUT2D eigenvalue weighted by Gasteiger charge is 2.31. The Kier molecular flexibility index (Phi) is 14.2. The van der Waals surface area contributed by atoms with Gasteiger partial charge >= 0.3 is 6.01 Å². The number of ether oxygens (including phenoxy) is 1. The molecule has 2 aromatic carbocycles. The average Bonchev–Trinajstić information content (AvgIpc) is 3.16. The van der Waals surface area contributed by atoms with E-state index in [1.807, 2.05) is 41.9 Å². The molecule has 3 aliphatic heterocycles. The summed E-state index contributed by atoms with van der Waals surface area (Å²) in [7, 11) is 2.01. The molecule has 1 atom stereocenters. The van der Waals surface area contributed by atoms with Crippen molar-refractivity contribution in [1.82, 2.24) is 25.1 Å². The molecule has 274 valence electrons. The normalized spacial score (nSPS) is 17.8. The van der Waals surface area contributed by atoms with Crippen molar-refractivity contribution in [2.45, 2.75) is 58.5 Å². The first-order valence-electron chi connectivity index (χ1n) is 18.3. The summed E-state index contributed by atoms with van der Waals surface area (Å²) in [5, 5.41) is 13.8. The van der Waals surface area contributed by atoms with Crippen molar-refractivity contribution in [2.24, 2.45) is 0 Å². The van der Waals surface area contributed by atoms with Crippen molar-refractivity contribution in [2.75, 3.05) is 87.3 Å². The third kappa shape index (κ3) is 9.66. The van der Waals surface area contributed by atoms with Gasteiger partial charge in [0.2, 0.25) is 5.91 Å². The maximum absolute atomic E-state index is 13.1. The van der Waals surface area contributed by atoms with Crippen LogP contribution in [-0.4, -0.2) is 109 Å². The van der Waals surface area contributed by atoms with Gasteiger partial charge in [-0.1, -0.05) is 62.2 Å². The largest absolute Gasteiger partial charge is 0.461 e. The maximum atomic E-state index is 13.1. The lowest BCUT2D eigenvalue weighted by atomic mass is 9.92. The van der Waals surface area contributed by atoms with Crippen LogP contribution in [0.4, 0.5) is 11.5 Å². The van der Waals surface area contributed by atoms with Gasteiger partial charge in [0.15, 0.2) is 0 Å². The number of aromatic nitrogens is 2. The lowest BCUT2D eigenvalue weighted by Gasteiger charge is -2.38. The number of carbonyl (C=O) groups excluding carboxylic acids is 1. The molecule has 3 aliphatic rings. The van der Waals surface area contributed by atoms with Crippen LogP contribution in [-0.2, 0) is 17.8 Å². The van der Waals surface area contributed by atoms with Crippen LogP contribution >= 0.6 is 23.4 Å². The number of amides is 1. The topological polar surface area (TPSA) is 101 Å². The highest BCUT2D eigenvalue weighted by Crippen LogP contribution is 2.37. The molecular weight excluding hydrogens is 680 g/mol. The van der Waals surface area contributed by atoms with Crippen LogP contribution in [0.25, 0.3) is 10.8 Å². The molecule has 1 N–H and O–H groups in total. The van der Waals surface area contributed by atoms with E-state index in [4.69, 9.17) is 31.6 Å². The van der Waals surface area contributed by atoms with Gasteiger partial charge < -0.3 is 24.8 Å². The third-order valence-electron chi connectivity index (χ3n) is 10.2. The maximum Gasteiger partial charge on any atom is 0.318 e. The van der Waals surface area contributed by atoms with Gasteiger partial charge in [0.05, 0.1) is 28.9 Å². The summed E-state index contributed by atoms with van der Waals surface area (Å²) in [6, 6.07) is 14.6. The minimum atomic E-state index is -0.133. The summed E-state index contributed by atoms with van der Waals surface area (Å²) in [5.41, 5.74) is 3.15. The fourth-order valence-electron chi connectivity index (χ4n) is 7.20. The van der Waals surface area contributed by atoms with Gasteiger partial charge in [-0.3, -0.25) is 9.69 Å². The number of anilines is 2. The standard InChI is InChI=1S/C37H50ClN7O2S.C2H3N/c1-4-15-37(5-2,39-3)27-47-36-40-31-26-45(32-12-7-10-28-9-6-11-30(38)34(28)32)17-14-29(31)35(41-36)44-20-18-43(19-21-44)33(46)13-8-16-42-22-24-48-25-23-42;1-2-3/h6-13,39H,4-5,14-27H2,1-3H3;1H3/b13-8+;. The molecule has 0 radical (unpaired) electrons. The Bertz CT molecular complexity index is 1670. The van der Waals surface area contributed by atoms with Crippen molar-refractivity contribution < 1.29 is 9.53 Å². The highest BCUT2D eigenvalue weighted by atomic mass is 35.5. The first-order valence-corrected chi connectivity index (χ1v) is 19.8. The molecule has 1 unspecified atom stereocenters. The smallest absolute Gasteiger partial charge is 0.318 e. The Morgan fingerprint density at radius 3 is 2.47 bits per heavy atom. The zero-order valence-corrected chi connectivity index (χ0v) is 32.2. The minimum Gasteiger partial charge on any atom is -0.461 e. The fraction of sp³-hybridized carbons (Fsp3) is 0.538. The Labute approximate surface area is 313 Å². The van der Waals surface area contributed by atoms with Gasteiger partial charge in [-0.25, -0.2) is 0 Å². The summed E-state index contributed by atoms with van der Waals surface area (Å²) in [6.07, 6.45) is 7.63. The number of nitrogens with one attached hydrogen (secondary N) is 1. The number of fused-ring (bicyclic) bond motifs is 2. The van der Waals surface area contributed by atoms with Crippen LogP contribution in [0.1, 0.15) is 51.3 Å². The molecule has 2 saturated heterocycles. The van der Waals surface area contributed by atoms with Gasteiger partial charge in [-0.05, 0) is 43.8 Å². The Hall–Kier alpha value is -3.56. The van der Waals surface area contributed by atoms with E-state index in [9.17, 15) is 4.79 Å². The second kappa shape index (κ2) is 18.8. The number of hydrogen-bond acceptors (Lipinski definition) is 10. The lowest BCUT2D eigenvalue weighted by molar-refractivity contribution is -0.126. The number of nitrogens with zero attached hydrogens (tertiary/aromatic N) is 7. The van der Waals surface area contributed by atoms with E-state index in [1.54, 1.807) is 12.1 Å². The number of rotatable bonds is 12. The van der Waals surface area contributed by atoms with Crippen molar-refractivity contribution in [3.63, 3.8) is 0 Å². The number of hydrogen-bond donors (Lipinski definition) is 1. The van der Waals surface area contributed by atoms with Crippen molar-refractivity contribution in [3.8, 4) is 12.1 Å². The predicted molar refractivity (Wildman–Crippen MR) is 211 cm³/mol. The molecule has 0 spiro atoms. The molecule has 4 heterocycles. The fourth-order valence-corrected chi connectivity index (χ4v) is 8.45. The van der Waals surface area contributed by atoms with E-state index in [-0.39, 0.29) is 11.4 Å². The number of likely N-dealkylation sites (N-methyl/N-ethyl adjacent to an activating group) is 1. The molecule has 12 heteroatoms. The van der Waals surface area contributed by atoms with Crippen molar-refractivity contribution >= 4 is 51.5 Å². The van der Waals surface area contributed by atoms with Crippen LogP contribution in [0.15, 0.2) is 48.6 Å². The number of thioether (sulfide) groups is 1. The molecule has 51 heavy (non-hydrogen) atoms. The molecule has 6 rings (SSSR count). The zero-order chi connectivity index (χ0) is 36.2. The number of benzene rings is 2. The van der Waals surface area contributed by atoms with Gasteiger partial charge in [-0.15, -0.1) is 0 Å². The van der Waals surface area contributed by atoms with E-state index in [1.165, 1.54) is 24.0 Å². The van der Waals surface area contributed by atoms with E-state index >= 15 is 0 Å². The number of carbonyl (C=O) groups is 1. The zero-order valence-electron chi connectivity index (χ0n) is 30.7. The first-order chi connectivity index (χ1) is 24.8. The van der Waals surface area contributed by atoms with Gasteiger partial charge in [0.1, 0.15) is 12.4 Å². The molecule has 2 fully saturated rings. The van der Waals surface area contributed by atoms with Crippen LogP contribution < -0.4 is 19.9 Å². The Morgan fingerprint density at radius 2 is 1.78 bits per heavy atom. The van der Waals surface area contributed by atoms with E-state index < -0.39 is 0 Å². The summed E-state index contributed by atoms with van der Waals surface area (Å²) in [5.74, 6) is 3.38. The van der Waals surface area contributed by atoms with Gasteiger partial charge in [0, 0.05) is 93.5 Å². The van der Waals surface area contributed by atoms with Gasteiger partial charge in [0.25, 0.3) is 0 Å². The predicted octanol–water partition coefficient (Wildman–Crippen LogP) is 6.18. The second-order valence-electron chi connectivity index (χ2n) is 13.3. The molecule has 1 aromatic heterocycles. The van der Waals surface area contributed by atoms with E-state index in [0.29, 0.717) is 32.3 Å². The molecule has 0 bridgehead atoms. The highest BCUT2D eigenvalue weighted by molar-refractivity contribution is 7.99. The summed E-state index contributed by atoms with van der Waals surface area (Å²) >= 11 is 8.75. The van der Waals surface area contributed by atoms with Crippen LogP contribution in [0, 0.1) is 11.3 Å². The molecule has 1 amide bonds. The molecular formula is C39H53ClN8O2S. The van der Waals surface area contributed by atoms with Gasteiger partial charge in [-0.2, -0.15) is 27.0 Å². The van der Waals surface area contributed by atoms with Crippen LogP contribution in [0.2, 0.25) is 5.02 Å². The van der Waals surface area contributed by atoms with E-state index in [2.05, 4.69) is 58.1 Å². The SMILES string of the molecule is CC#N.CCCC(CC)(COc1nc2c(c(N3CCN(C(=O)/C=C/CN4CCSCC4)CC3)n1)CCN(c1cccc3cccc(Cl)c13)C2)NC. The first kappa shape index (κ1) is 38.7. The van der Waals surface area contributed by atoms with Crippen LogP contribution in [0.5, 0.6) is 6.01 Å². The minimum absolute atomic E-state index is 0.0954. The number of halogens is 1. The van der Waals surface area contributed by atoms with Crippen molar-refractivity contribution in [1.29, 1.82) is 5.26 Å². The second-order valence-corrected chi connectivity index (χ2v) is 14.9. The Balaban J connectivity index is 0.00000162. The quantitative estimate of drug-likeness (QED) is 0.218. The summed E-state index contributed by atoms with van der Waals surface area (Å²) < 4.78 is 6.46. The molecule has 0 aliphatic carbocycles. The molecule has 3 aromatic rings. The van der Waals surface area contributed by atoms with Crippen molar-refractivity contribution in [3.05, 3.63) is 64.8 Å². The van der Waals surface area contributed by atoms with Crippen LogP contribution in [0.3, 0.4) is 0 Å². The number of nitriles is 1. The third-order valence-corrected chi connectivity index (χ3v) is 11.5. The number of piperazine rings is 1. The monoisotopic (exact) mass is 732 g/mol. The average molecular weight is 733 g/mol. The summed E-state index contributed by atoms with van der Waals surface area (Å²) in [4.78, 5) is 32.3. The van der Waals surface area contributed by atoms with E-state index in [0.717, 1.165) is 97.9 Å². The summed E-state index contributed by atoms with van der Waals surface area (Å²) in [6.45, 7) is 13.6. The molecule has 0 saturated carbocycles.